The first-order chi connectivity index (χ1) is 8.29. The van der Waals surface area contributed by atoms with E-state index in [0.717, 1.165) is 23.0 Å². The molecule has 0 aliphatic rings. The number of hydrogen-bond acceptors (Lipinski definition) is 3. The molecule has 17 heavy (non-hydrogen) atoms. The Labute approximate surface area is 106 Å². The first-order valence-corrected chi connectivity index (χ1v) is 5.90. The zero-order valence-corrected chi connectivity index (χ0v) is 10.2. The number of hydrogen-bond donors (Lipinski definition) is 1. The molecule has 0 atom stereocenters. The maximum Gasteiger partial charge on any atom is 0.123 e. The Bertz CT molecular complexity index is 456. The van der Waals surface area contributed by atoms with Crippen LogP contribution in [0.15, 0.2) is 47.1 Å². The molecule has 4 heteroatoms. The van der Waals surface area contributed by atoms with Crippen LogP contribution in [0.4, 0.5) is 5.69 Å². The first kappa shape index (κ1) is 12.0. The Morgan fingerprint density at radius 3 is 2.76 bits per heavy atom. The summed E-state index contributed by atoms with van der Waals surface area (Å²) in [5, 5.41) is 0.726. The second kappa shape index (κ2) is 5.75. The molecule has 2 aromatic rings. The van der Waals surface area contributed by atoms with E-state index in [2.05, 4.69) is 4.90 Å². The zero-order chi connectivity index (χ0) is 12.1. The lowest BCUT2D eigenvalue weighted by Gasteiger charge is -2.23. The van der Waals surface area contributed by atoms with Crippen LogP contribution in [-0.2, 0) is 6.54 Å². The van der Waals surface area contributed by atoms with Gasteiger partial charge in [0.15, 0.2) is 0 Å². The molecule has 0 aliphatic carbocycles. The number of rotatable bonds is 5. The van der Waals surface area contributed by atoms with Gasteiger partial charge in [-0.25, -0.2) is 0 Å². The van der Waals surface area contributed by atoms with Crippen LogP contribution in [-0.4, -0.2) is 13.1 Å². The predicted octanol–water partition coefficient (Wildman–Crippen LogP) is 2.90. The van der Waals surface area contributed by atoms with E-state index in [1.165, 1.54) is 0 Å². The van der Waals surface area contributed by atoms with Crippen molar-refractivity contribution in [3.63, 3.8) is 0 Å². The van der Waals surface area contributed by atoms with E-state index in [4.69, 9.17) is 21.8 Å². The maximum absolute atomic E-state index is 5.99. The van der Waals surface area contributed by atoms with Crippen molar-refractivity contribution in [2.24, 2.45) is 5.73 Å². The fourth-order valence-corrected chi connectivity index (χ4v) is 1.90. The number of anilines is 1. The van der Waals surface area contributed by atoms with Gasteiger partial charge in [0.1, 0.15) is 5.76 Å². The van der Waals surface area contributed by atoms with Gasteiger partial charge in [0.2, 0.25) is 0 Å². The number of furan rings is 1. The standard InChI is InChI=1S/C13H15ClN2O/c14-11-3-1-4-12(9-11)16(7-6-15)10-13-5-2-8-17-13/h1-5,8-9H,6-7,10,15H2. The number of nitrogens with zero attached hydrogens (tertiary/aromatic N) is 1. The molecule has 0 saturated carbocycles. The van der Waals surface area contributed by atoms with Gasteiger partial charge in [0, 0.05) is 23.8 Å². The van der Waals surface area contributed by atoms with E-state index in [0.29, 0.717) is 13.1 Å². The number of benzene rings is 1. The third-order valence-corrected chi connectivity index (χ3v) is 2.73. The summed E-state index contributed by atoms with van der Waals surface area (Å²) in [4.78, 5) is 2.14. The summed E-state index contributed by atoms with van der Waals surface area (Å²) in [6.07, 6.45) is 1.67. The van der Waals surface area contributed by atoms with Gasteiger partial charge in [-0.15, -0.1) is 0 Å². The summed E-state index contributed by atoms with van der Waals surface area (Å²) < 4.78 is 5.35. The van der Waals surface area contributed by atoms with Gasteiger partial charge in [-0.2, -0.15) is 0 Å². The average Bonchev–Trinajstić information content (AvgIpc) is 2.81. The fraction of sp³-hybridized carbons (Fsp3) is 0.231. The predicted molar refractivity (Wildman–Crippen MR) is 70.3 cm³/mol. The molecule has 0 aliphatic heterocycles. The van der Waals surface area contributed by atoms with E-state index in [-0.39, 0.29) is 0 Å². The third-order valence-electron chi connectivity index (χ3n) is 2.50. The Kier molecular flexibility index (Phi) is 4.07. The van der Waals surface area contributed by atoms with Crippen LogP contribution in [0.2, 0.25) is 5.02 Å². The lowest BCUT2D eigenvalue weighted by molar-refractivity contribution is 0.502. The van der Waals surface area contributed by atoms with Gasteiger partial charge in [0.25, 0.3) is 0 Å². The summed E-state index contributed by atoms with van der Waals surface area (Å²) in [6.45, 7) is 2.05. The lowest BCUT2D eigenvalue weighted by atomic mass is 10.2. The molecule has 1 aromatic heterocycles. The van der Waals surface area contributed by atoms with Gasteiger partial charge in [-0.3, -0.25) is 0 Å². The highest BCUT2D eigenvalue weighted by Crippen LogP contribution is 2.21. The SMILES string of the molecule is NCCN(Cc1ccco1)c1cccc(Cl)c1. The molecule has 0 fully saturated rings. The summed E-state index contributed by atoms with van der Waals surface area (Å²) in [5.41, 5.74) is 6.68. The van der Waals surface area contributed by atoms with Crippen LogP contribution in [0.5, 0.6) is 0 Å². The molecule has 0 bridgehead atoms. The monoisotopic (exact) mass is 250 g/mol. The molecule has 1 aromatic carbocycles. The topological polar surface area (TPSA) is 42.4 Å². The van der Waals surface area contributed by atoms with Gasteiger partial charge < -0.3 is 15.1 Å². The quantitative estimate of drug-likeness (QED) is 0.887. The van der Waals surface area contributed by atoms with Crippen LogP contribution in [0.1, 0.15) is 5.76 Å². The van der Waals surface area contributed by atoms with E-state index in [9.17, 15) is 0 Å². The second-order valence-electron chi connectivity index (χ2n) is 3.77. The van der Waals surface area contributed by atoms with Crippen LogP contribution >= 0.6 is 11.6 Å². The lowest BCUT2D eigenvalue weighted by Crippen LogP contribution is -2.28. The highest BCUT2D eigenvalue weighted by Gasteiger charge is 2.08. The van der Waals surface area contributed by atoms with Crippen molar-refractivity contribution in [2.75, 3.05) is 18.0 Å². The van der Waals surface area contributed by atoms with Crippen LogP contribution in [0.25, 0.3) is 0 Å². The Balaban J connectivity index is 2.16. The summed E-state index contributed by atoms with van der Waals surface area (Å²) in [7, 11) is 0. The van der Waals surface area contributed by atoms with Gasteiger partial charge >= 0.3 is 0 Å². The van der Waals surface area contributed by atoms with E-state index in [1.54, 1.807) is 6.26 Å². The second-order valence-corrected chi connectivity index (χ2v) is 4.21. The minimum Gasteiger partial charge on any atom is -0.467 e. The molecule has 1 heterocycles. The normalized spacial score (nSPS) is 10.5. The maximum atomic E-state index is 5.99. The number of nitrogens with two attached hydrogens (primary N) is 1. The fourth-order valence-electron chi connectivity index (χ4n) is 1.72. The Hall–Kier alpha value is -1.45. The van der Waals surface area contributed by atoms with Crippen molar-refractivity contribution in [1.29, 1.82) is 0 Å². The van der Waals surface area contributed by atoms with Gasteiger partial charge in [0.05, 0.1) is 12.8 Å². The Morgan fingerprint density at radius 2 is 2.12 bits per heavy atom. The molecule has 0 unspecified atom stereocenters. The van der Waals surface area contributed by atoms with E-state index >= 15 is 0 Å². The van der Waals surface area contributed by atoms with Crippen molar-refractivity contribution in [3.05, 3.63) is 53.4 Å². The molecule has 0 amide bonds. The number of halogens is 1. The van der Waals surface area contributed by atoms with Crippen LogP contribution in [0, 0.1) is 0 Å². The third kappa shape index (κ3) is 3.25. The van der Waals surface area contributed by atoms with E-state index < -0.39 is 0 Å². The van der Waals surface area contributed by atoms with Crippen molar-refractivity contribution in [1.82, 2.24) is 0 Å². The molecule has 0 spiro atoms. The van der Waals surface area contributed by atoms with E-state index in [1.807, 2.05) is 36.4 Å². The molecule has 90 valence electrons. The highest BCUT2D eigenvalue weighted by atomic mass is 35.5. The summed E-state index contributed by atoms with van der Waals surface area (Å²) in [6, 6.07) is 11.6. The molecular weight excluding hydrogens is 236 g/mol. The average molecular weight is 251 g/mol. The minimum atomic E-state index is 0.590. The zero-order valence-electron chi connectivity index (χ0n) is 9.47. The Morgan fingerprint density at radius 1 is 1.24 bits per heavy atom. The van der Waals surface area contributed by atoms with Crippen molar-refractivity contribution in [3.8, 4) is 0 Å². The molecule has 0 saturated heterocycles. The van der Waals surface area contributed by atoms with Crippen LogP contribution in [0.3, 0.4) is 0 Å². The van der Waals surface area contributed by atoms with Crippen molar-refractivity contribution in [2.45, 2.75) is 6.54 Å². The molecule has 2 N–H and O–H groups in total. The molecule has 2 rings (SSSR count). The van der Waals surface area contributed by atoms with Crippen LogP contribution < -0.4 is 10.6 Å². The van der Waals surface area contributed by atoms with Crippen molar-refractivity contribution < 1.29 is 4.42 Å². The first-order valence-electron chi connectivity index (χ1n) is 5.52. The molecule has 3 nitrogen and oxygen atoms in total. The summed E-state index contributed by atoms with van der Waals surface area (Å²) in [5.74, 6) is 0.915. The summed E-state index contributed by atoms with van der Waals surface area (Å²) >= 11 is 5.99. The van der Waals surface area contributed by atoms with Gasteiger partial charge in [-0.1, -0.05) is 17.7 Å². The highest BCUT2D eigenvalue weighted by molar-refractivity contribution is 6.30. The smallest absolute Gasteiger partial charge is 0.123 e. The van der Waals surface area contributed by atoms with Gasteiger partial charge in [-0.05, 0) is 30.3 Å². The largest absolute Gasteiger partial charge is 0.467 e. The minimum absolute atomic E-state index is 0.590. The molecular formula is C13H15ClN2O. The molecule has 0 radical (unpaired) electrons. The van der Waals surface area contributed by atoms with Crippen molar-refractivity contribution >= 4 is 17.3 Å².